The maximum atomic E-state index is 5.58. The van der Waals surface area contributed by atoms with E-state index in [1.807, 2.05) is 0 Å². The minimum absolute atomic E-state index is 0.282. The first-order valence-electron chi connectivity index (χ1n) is 3.51. The Morgan fingerprint density at radius 2 is 2.27 bits per heavy atom. The molecule has 0 saturated heterocycles. The molecule has 0 aliphatic rings. The van der Waals surface area contributed by atoms with Crippen LogP contribution >= 0.6 is 11.6 Å². The maximum Gasteiger partial charge on any atom is 0.174 e. The fourth-order valence-electron chi connectivity index (χ4n) is 0.812. The summed E-state index contributed by atoms with van der Waals surface area (Å²) >= 11 is 5.58. The zero-order valence-electron chi connectivity index (χ0n) is 6.34. The fraction of sp³-hybridized carbons (Fsp3) is 0.429. The maximum absolute atomic E-state index is 5.58. The van der Waals surface area contributed by atoms with Gasteiger partial charge in [0.05, 0.1) is 11.4 Å². The van der Waals surface area contributed by atoms with Gasteiger partial charge < -0.3 is 5.73 Å². The van der Waals surface area contributed by atoms with Crippen molar-refractivity contribution in [3.05, 3.63) is 16.9 Å². The van der Waals surface area contributed by atoms with Crippen LogP contribution < -0.4 is 5.73 Å². The average Bonchev–Trinajstić information content (AvgIpc) is 1.98. The number of aryl methyl sites for hydroxylation is 1. The zero-order chi connectivity index (χ0) is 8.27. The summed E-state index contributed by atoms with van der Waals surface area (Å²) in [6.45, 7) is 2.08. The summed E-state index contributed by atoms with van der Waals surface area (Å²) in [5.41, 5.74) is 6.92. The molecule has 0 aliphatic heterocycles. The van der Waals surface area contributed by atoms with Crippen molar-refractivity contribution in [2.24, 2.45) is 0 Å². The minimum Gasteiger partial charge on any atom is -0.396 e. The smallest absolute Gasteiger partial charge is 0.174 e. The number of nitrogens with zero attached hydrogens (tertiary/aromatic N) is 2. The van der Waals surface area contributed by atoms with Crippen LogP contribution in [-0.4, -0.2) is 10.2 Å². The summed E-state index contributed by atoms with van der Waals surface area (Å²) in [7, 11) is 0. The van der Waals surface area contributed by atoms with Gasteiger partial charge in [-0.15, -0.1) is 5.10 Å². The van der Waals surface area contributed by atoms with Gasteiger partial charge in [-0.25, -0.2) is 0 Å². The highest BCUT2D eigenvalue weighted by Gasteiger charge is 1.99. The zero-order valence-corrected chi connectivity index (χ0v) is 7.10. The van der Waals surface area contributed by atoms with Gasteiger partial charge in [0.1, 0.15) is 0 Å². The number of nitrogens with two attached hydrogens (primary N) is 1. The number of aromatic nitrogens is 2. The van der Waals surface area contributed by atoms with E-state index in [-0.39, 0.29) is 5.15 Å². The third kappa shape index (κ3) is 2.05. The standard InChI is InChI=1S/C7H10ClN3/c1-2-3-5-4-6(9)7(8)11-10-5/h4H,2-3H2,1H3,(H2,9,10). The monoisotopic (exact) mass is 171 g/mol. The van der Waals surface area contributed by atoms with Crippen LogP contribution in [0.25, 0.3) is 0 Å². The Kier molecular flexibility index (Phi) is 2.65. The molecule has 0 unspecified atom stereocenters. The number of hydrogen-bond acceptors (Lipinski definition) is 3. The molecule has 0 atom stereocenters. The summed E-state index contributed by atoms with van der Waals surface area (Å²) in [4.78, 5) is 0. The summed E-state index contributed by atoms with van der Waals surface area (Å²) < 4.78 is 0. The van der Waals surface area contributed by atoms with E-state index in [9.17, 15) is 0 Å². The van der Waals surface area contributed by atoms with E-state index in [1.165, 1.54) is 0 Å². The highest BCUT2D eigenvalue weighted by Crippen LogP contribution is 2.14. The second-order valence-electron chi connectivity index (χ2n) is 2.33. The average molecular weight is 172 g/mol. The second kappa shape index (κ2) is 3.53. The van der Waals surface area contributed by atoms with Gasteiger partial charge in [-0.3, -0.25) is 0 Å². The summed E-state index contributed by atoms with van der Waals surface area (Å²) in [6, 6.07) is 1.76. The van der Waals surface area contributed by atoms with Crippen molar-refractivity contribution in [3.63, 3.8) is 0 Å². The van der Waals surface area contributed by atoms with E-state index in [4.69, 9.17) is 17.3 Å². The third-order valence-electron chi connectivity index (χ3n) is 1.33. The van der Waals surface area contributed by atoms with Crippen LogP contribution in [0.2, 0.25) is 5.15 Å². The van der Waals surface area contributed by atoms with Crippen molar-refractivity contribution in [1.29, 1.82) is 0 Å². The molecule has 0 aromatic carbocycles. The van der Waals surface area contributed by atoms with Crippen LogP contribution in [0.3, 0.4) is 0 Å². The molecule has 0 aliphatic carbocycles. The molecule has 2 N–H and O–H groups in total. The van der Waals surface area contributed by atoms with Crippen LogP contribution in [0, 0.1) is 0 Å². The van der Waals surface area contributed by atoms with Gasteiger partial charge in [-0.05, 0) is 12.5 Å². The quantitative estimate of drug-likeness (QED) is 0.737. The molecular weight excluding hydrogens is 162 g/mol. The lowest BCUT2D eigenvalue weighted by Gasteiger charge is -1.98. The second-order valence-corrected chi connectivity index (χ2v) is 2.69. The van der Waals surface area contributed by atoms with Crippen LogP contribution in [0.15, 0.2) is 6.07 Å². The molecule has 0 radical (unpaired) electrons. The van der Waals surface area contributed by atoms with Crippen LogP contribution in [-0.2, 0) is 6.42 Å². The molecule has 0 fully saturated rings. The lowest BCUT2D eigenvalue weighted by molar-refractivity contribution is 0.840. The predicted molar refractivity (Wildman–Crippen MR) is 45.4 cm³/mol. The highest BCUT2D eigenvalue weighted by atomic mass is 35.5. The molecule has 1 rings (SSSR count). The Bertz CT molecular complexity index is 249. The topological polar surface area (TPSA) is 51.8 Å². The molecule has 4 heteroatoms. The lowest BCUT2D eigenvalue weighted by atomic mass is 10.2. The van der Waals surface area contributed by atoms with E-state index in [0.29, 0.717) is 5.69 Å². The Hall–Kier alpha value is -0.830. The summed E-state index contributed by atoms with van der Waals surface area (Å²) in [5, 5.41) is 7.84. The van der Waals surface area contributed by atoms with Crippen LogP contribution in [0.4, 0.5) is 5.69 Å². The Balaban J connectivity index is 2.86. The third-order valence-corrected chi connectivity index (χ3v) is 1.63. The van der Waals surface area contributed by atoms with E-state index in [0.717, 1.165) is 18.5 Å². The van der Waals surface area contributed by atoms with Crippen molar-refractivity contribution >= 4 is 17.3 Å². The first-order chi connectivity index (χ1) is 5.24. The number of rotatable bonds is 2. The normalized spacial score (nSPS) is 10.0. The molecule has 1 heterocycles. The van der Waals surface area contributed by atoms with E-state index >= 15 is 0 Å². The van der Waals surface area contributed by atoms with Crippen molar-refractivity contribution in [1.82, 2.24) is 10.2 Å². The molecule has 11 heavy (non-hydrogen) atoms. The lowest BCUT2D eigenvalue weighted by Crippen LogP contribution is -1.97. The largest absolute Gasteiger partial charge is 0.396 e. The van der Waals surface area contributed by atoms with E-state index in [1.54, 1.807) is 6.07 Å². The van der Waals surface area contributed by atoms with Gasteiger partial charge in [-0.1, -0.05) is 24.9 Å². The van der Waals surface area contributed by atoms with Gasteiger partial charge in [0.2, 0.25) is 0 Å². The van der Waals surface area contributed by atoms with Gasteiger partial charge in [0.25, 0.3) is 0 Å². The first-order valence-corrected chi connectivity index (χ1v) is 3.89. The van der Waals surface area contributed by atoms with Crippen molar-refractivity contribution < 1.29 is 0 Å². The van der Waals surface area contributed by atoms with Gasteiger partial charge in [0.15, 0.2) is 5.15 Å². The molecule has 0 amide bonds. The Labute approximate surface area is 70.6 Å². The molecule has 0 saturated carbocycles. The SMILES string of the molecule is CCCc1cc(N)c(Cl)nn1. The molecule has 60 valence electrons. The van der Waals surface area contributed by atoms with E-state index in [2.05, 4.69) is 17.1 Å². The number of nitrogen functional groups attached to an aromatic ring is 1. The van der Waals surface area contributed by atoms with Crippen molar-refractivity contribution in [3.8, 4) is 0 Å². The molecule has 3 nitrogen and oxygen atoms in total. The van der Waals surface area contributed by atoms with Crippen LogP contribution in [0.1, 0.15) is 19.0 Å². The number of halogens is 1. The van der Waals surface area contributed by atoms with Gasteiger partial charge in [-0.2, -0.15) is 5.10 Å². The van der Waals surface area contributed by atoms with Crippen LogP contribution in [0.5, 0.6) is 0 Å². The molecule has 0 bridgehead atoms. The van der Waals surface area contributed by atoms with E-state index < -0.39 is 0 Å². The van der Waals surface area contributed by atoms with Gasteiger partial charge >= 0.3 is 0 Å². The summed E-state index contributed by atoms with van der Waals surface area (Å²) in [5.74, 6) is 0. The minimum atomic E-state index is 0.282. The Morgan fingerprint density at radius 1 is 1.55 bits per heavy atom. The summed E-state index contributed by atoms with van der Waals surface area (Å²) in [6.07, 6.45) is 1.93. The number of hydrogen-bond donors (Lipinski definition) is 1. The van der Waals surface area contributed by atoms with Gasteiger partial charge in [0, 0.05) is 0 Å². The molecule has 1 aromatic heterocycles. The molecule has 1 aromatic rings. The van der Waals surface area contributed by atoms with Crippen molar-refractivity contribution in [2.75, 3.05) is 5.73 Å². The van der Waals surface area contributed by atoms with Crippen molar-refractivity contribution in [2.45, 2.75) is 19.8 Å². The fourth-order valence-corrected chi connectivity index (χ4v) is 0.904. The molecule has 0 spiro atoms. The predicted octanol–water partition coefficient (Wildman–Crippen LogP) is 1.66. The first kappa shape index (κ1) is 8.27. The number of anilines is 1. The highest BCUT2D eigenvalue weighted by molar-refractivity contribution is 6.31. The Morgan fingerprint density at radius 3 is 2.82 bits per heavy atom. The molecular formula is C7H10ClN3.